The second-order valence-corrected chi connectivity index (χ2v) is 10.2. The van der Waals surface area contributed by atoms with Gasteiger partial charge in [-0.25, -0.2) is 0 Å². The van der Waals surface area contributed by atoms with E-state index in [4.69, 9.17) is 11.6 Å². The standard InChI is InChI=1S/C25H37Cl/c1-2-3-18-4-6-19(7-5-18)21-8-10-24-17-22(9-11-23(24)16-21)20-12-14-25(26)15-13-20/h12-15,18-19,21-24H,2-11,16-17H2,1H3/t18-,19-,21-,22-,23-,24-/m1/s1. The molecular weight excluding hydrogens is 336 g/mol. The smallest absolute Gasteiger partial charge is 0.0406 e. The zero-order valence-corrected chi connectivity index (χ0v) is 17.4. The second kappa shape index (κ2) is 8.68. The molecule has 3 fully saturated rings. The molecule has 144 valence electrons. The molecule has 1 aromatic rings. The predicted molar refractivity (Wildman–Crippen MR) is 113 cm³/mol. The lowest BCUT2D eigenvalue weighted by molar-refractivity contribution is 0.0712. The number of hydrogen-bond acceptors (Lipinski definition) is 0. The summed E-state index contributed by atoms with van der Waals surface area (Å²) in [6.07, 6.45) is 17.9. The molecule has 0 aromatic heterocycles. The molecule has 4 atom stereocenters. The highest BCUT2D eigenvalue weighted by Gasteiger charge is 2.38. The van der Waals surface area contributed by atoms with Gasteiger partial charge in [0.15, 0.2) is 0 Å². The van der Waals surface area contributed by atoms with E-state index in [1.807, 2.05) is 0 Å². The Bertz CT molecular complexity index is 554. The SMILES string of the molecule is CCC[C@H]1CC[C@H]([C@@H]2CC[C@@H]3C[C@H](c4ccc(Cl)cc4)CC[C@@H]3C2)CC1. The number of hydrogen-bond donors (Lipinski definition) is 0. The molecule has 1 aromatic carbocycles. The largest absolute Gasteiger partial charge is 0.0843 e. The first kappa shape index (κ1) is 18.9. The molecule has 3 saturated carbocycles. The first-order chi connectivity index (χ1) is 12.7. The normalized spacial score (nSPS) is 37.9. The first-order valence-corrected chi connectivity index (χ1v) is 11.9. The van der Waals surface area contributed by atoms with Crippen molar-refractivity contribution in [1.29, 1.82) is 0 Å². The van der Waals surface area contributed by atoms with Gasteiger partial charge in [-0.1, -0.05) is 56.3 Å². The molecule has 26 heavy (non-hydrogen) atoms. The second-order valence-electron chi connectivity index (χ2n) is 9.72. The van der Waals surface area contributed by atoms with E-state index >= 15 is 0 Å². The van der Waals surface area contributed by atoms with Crippen molar-refractivity contribution in [2.75, 3.05) is 0 Å². The summed E-state index contributed by atoms with van der Waals surface area (Å²) in [5.74, 6) is 6.00. The third-order valence-corrected chi connectivity index (χ3v) is 8.50. The zero-order valence-electron chi connectivity index (χ0n) is 16.6. The highest BCUT2D eigenvalue weighted by molar-refractivity contribution is 6.30. The van der Waals surface area contributed by atoms with E-state index < -0.39 is 0 Å². The Labute approximate surface area is 166 Å². The first-order valence-electron chi connectivity index (χ1n) is 11.5. The number of benzene rings is 1. The molecule has 0 N–H and O–H groups in total. The van der Waals surface area contributed by atoms with Crippen molar-refractivity contribution >= 4 is 11.6 Å². The van der Waals surface area contributed by atoms with E-state index in [0.717, 1.165) is 40.5 Å². The van der Waals surface area contributed by atoms with Gasteiger partial charge < -0.3 is 0 Å². The van der Waals surface area contributed by atoms with Crippen molar-refractivity contribution in [2.45, 2.75) is 89.9 Å². The average Bonchev–Trinajstić information content (AvgIpc) is 2.69. The summed E-state index contributed by atoms with van der Waals surface area (Å²) in [6.45, 7) is 2.35. The van der Waals surface area contributed by atoms with Crippen molar-refractivity contribution in [2.24, 2.45) is 29.6 Å². The monoisotopic (exact) mass is 372 g/mol. The summed E-state index contributed by atoms with van der Waals surface area (Å²) in [4.78, 5) is 0. The van der Waals surface area contributed by atoms with E-state index in [1.165, 1.54) is 63.4 Å². The van der Waals surface area contributed by atoms with Crippen LogP contribution >= 0.6 is 11.6 Å². The fourth-order valence-electron chi connectivity index (χ4n) is 6.75. The van der Waals surface area contributed by atoms with Gasteiger partial charge in [0.25, 0.3) is 0 Å². The van der Waals surface area contributed by atoms with Gasteiger partial charge in [0.2, 0.25) is 0 Å². The molecule has 0 amide bonds. The fourth-order valence-corrected chi connectivity index (χ4v) is 6.87. The molecule has 4 rings (SSSR count). The highest BCUT2D eigenvalue weighted by atomic mass is 35.5. The Morgan fingerprint density at radius 3 is 2.00 bits per heavy atom. The lowest BCUT2D eigenvalue weighted by Crippen LogP contribution is -2.34. The third-order valence-electron chi connectivity index (χ3n) is 8.25. The number of rotatable bonds is 4. The Kier molecular flexibility index (Phi) is 6.29. The van der Waals surface area contributed by atoms with Crippen LogP contribution in [-0.4, -0.2) is 0 Å². The van der Waals surface area contributed by atoms with Crippen LogP contribution in [0.1, 0.15) is 95.5 Å². The minimum absolute atomic E-state index is 0.787. The molecule has 0 unspecified atom stereocenters. The van der Waals surface area contributed by atoms with Crippen molar-refractivity contribution in [3.63, 3.8) is 0 Å². The third kappa shape index (κ3) is 4.32. The molecule has 0 saturated heterocycles. The van der Waals surface area contributed by atoms with E-state index in [1.54, 1.807) is 19.3 Å². The lowest BCUT2D eigenvalue weighted by atomic mass is 9.60. The van der Waals surface area contributed by atoms with E-state index in [-0.39, 0.29) is 0 Å². The average molecular weight is 373 g/mol. The molecule has 0 heterocycles. The Hall–Kier alpha value is -0.490. The van der Waals surface area contributed by atoms with Gasteiger partial charge in [0.05, 0.1) is 0 Å². The summed E-state index contributed by atoms with van der Waals surface area (Å²) < 4.78 is 0. The van der Waals surface area contributed by atoms with Gasteiger partial charge in [-0.05, 0) is 105 Å². The van der Waals surface area contributed by atoms with Crippen molar-refractivity contribution in [1.82, 2.24) is 0 Å². The summed E-state index contributed by atoms with van der Waals surface area (Å²) in [5.41, 5.74) is 1.53. The predicted octanol–water partition coefficient (Wildman–Crippen LogP) is 8.25. The van der Waals surface area contributed by atoms with Gasteiger partial charge in [-0.2, -0.15) is 0 Å². The van der Waals surface area contributed by atoms with Crippen molar-refractivity contribution < 1.29 is 0 Å². The van der Waals surface area contributed by atoms with E-state index in [0.29, 0.717) is 0 Å². The van der Waals surface area contributed by atoms with Crippen LogP contribution in [0.3, 0.4) is 0 Å². The maximum atomic E-state index is 6.08. The van der Waals surface area contributed by atoms with Crippen LogP contribution in [0, 0.1) is 29.6 Å². The Morgan fingerprint density at radius 1 is 0.731 bits per heavy atom. The minimum atomic E-state index is 0.787. The minimum Gasteiger partial charge on any atom is -0.0843 e. The van der Waals surface area contributed by atoms with Gasteiger partial charge in [-0.15, -0.1) is 0 Å². The Balaban J connectivity index is 1.29. The van der Waals surface area contributed by atoms with Crippen LogP contribution < -0.4 is 0 Å². The molecule has 0 aliphatic heterocycles. The lowest BCUT2D eigenvalue weighted by Gasteiger charge is -2.45. The summed E-state index contributed by atoms with van der Waals surface area (Å²) >= 11 is 6.08. The topological polar surface area (TPSA) is 0 Å². The van der Waals surface area contributed by atoms with Crippen LogP contribution in [0.4, 0.5) is 0 Å². The van der Waals surface area contributed by atoms with Gasteiger partial charge in [0, 0.05) is 5.02 Å². The van der Waals surface area contributed by atoms with Gasteiger partial charge >= 0.3 is 0 Å². The van der Waals surface area contributed by atoms with Crippen LogP contribution in [0.2, 0.25) is 5.02 Å². The maximum absolute atomic E-state index is 6.08. The number of halogens is 1. The number of fused-ring (bicyclic) bond motifs is 1. The molecule has 0 radical (unpaired) electrons. The summed E-state index contributed by atoms with van der Waals surface area (Å²) in [5, 5.41) is 0.872. The van der Waals surface area contributed by atoms with Crippen molar-refractivity contribution in [3.05, 3.63) is 34.9 Å². The molecule has 0 spiro atoms. The van der Waals surface area contributed by atoms with Gasteiger partial charge in [0.1, 0.15) is 0 Å². The quantitative estimate of drug-likeness (QED) is 0.499. The molecule has 0 bridgehead atoms. The van der Waals surface area contributed by atoms with Crippen LogP contribution in [0.25, 0.3) is 0 Å². The molecule has 3 aliphatic rings. The summed E-state index contributed by atoms with van der Waals surface area (Å²) in [6, 6.07) is 8.70. The Morgan fingerprint density at radius 2 is 1.31 bits per heavy atom. The molecule has 0 nitrogen and oxygen atoms in total. The van der Waals surface area contributed by atoms with Gasteiger partial charge in [-0.3, -0.25) is 0 Å². The molecule has 1 heteroatoms. The van der Waals surface area contributed by atoms with Crippen LogP contribution in [-0.2, 0) is 0 Å². The van der Waals surface area contributed by atoms with E-state index in [2.05, 4.69) is 31.2 Å². The van der Waals surface area contributed by atoms with Crippen LogP contribution in [0.15, 0.2) is 24.3 Å². The van der Waals surface area contributed by atoms with E-state index in [9.17, 15) is 0 Å². The molecular formula is C25H37Cl. The summed E-state index contributed by atoms with van der Waals surface area (Å²) in [7, 11) is 0. The van der Waals surface area contributed by atoms with Crippen molar-refractivity contribution in [3.8, 4) is 0 Å². The van der Waals surface area contributed by atoms with Crippen LogP contribution in [0.5, 0.6) is 0 Å². The maximum Gasteiger partial charge on any atom is 0.0406 e. The zero-order chi connectivity index (χ0) is 17.9. The fraction of sp³-hybridized carbons (Fsp3) is 0.760. The molecule has 3 aliphatic carbocycles. The highest BCUT2D eigenvalue weighted by Crippen LogP contribution is 2.51.